The Morgan fingerprint density at radius 1 is 1.00 bits per heavy atom. The lowest BCUT2D eigenvalue weighted by Crippen LogP contribution is -2.11. The summed E-state index contributed by atoms with van der Waals surface area (Å²) in [5, 5.41) is 4.79. The molecular weight excluding hydrogens is 246 g/mol. The van der Waals surface area contributed by atoms with Crippen molar-refractivity contribution in [2.45, 2.75) is 91.6 Å². The molecule has 1 aromatic rings. The second kappa shape index (κ2) is 9.17. The third-order valence-corrected chi connectivity index (χ3v) is 4.02. The molecule has 0 spiro atoms. The molecule has 0 aromatic carbocycles. The first-order chi connectivity index (χ1) is 9.65. The summed E-state index contributed by atoms with van der Waals surface area (Å²) in [6.07, 6.45) is 9.98. The van der Waals surface area contributed by atoms with Crippen molar-refractivity contribution < 1.29 is 0 Å². The van der Waals surface area contributed by atoms with Crippen LogP contribution >= 0.6 is 0 Å². The monoisotopic (exact) mass is 279 g/mol. The van der Waals surface area contributed by atoms with Gasteiger partial charge in [0.15, 0.2) is 0 Å². The van der Waals surface area contributed by atoms with Crippen molar-refractivity contribution in [1.29, 1.82) is 0 Å². The van der Waals surface area contributed by atoms with Gasteiger partial charge < -0.3 is 5.73 Å². The Balaban J connectivity index is 2.61. The summed E-state index contributed by atoms with van der Waals surface area (Å²) in [6.45, 7) is 9.77. The van der Waals surface area contributed by atoms with Crippen molar-refractivity contribution in [3.05, 3.63) is 17.0 Å². The number of hydrogen-bond donors (Lipinski definition) is 1. The van der Waals surface area contributed by atoms with Gasteiger partial charge in [-0.15, -0.1) is 0 Å². The van der Waals surface area contributed by atoms with E-state index < -0.39 is 0 Å². The van der Waals surface area contributed by atoms with Crippen LogP contribution in [0.15, 0.2) is 0 Å². The SMILES string of the molecule is CCCCCCCCn1nc(CC)c(C(C)N)c1CC. The van der Waals surface area contributed by atoms with E-state index in [-0.39, 0.29) is 6.04 Å². The van der Waals surface area contributed by atoms with Crippen LogP contribution in [0.4, 0.5) is 0 Å². The molecule has 3 heteroatoms. The zero-order valence-corrected chi connectivity index (χ0v) is 13.9. The Morgan fingerprint density at radius 2 is 1.65 bits per heavy atom. The third-order valence-electron chi connectivity index (χ3n) is 4.02. The highest BCUT2D eigenvalue weighted by Crippen LogP contribution is 2.22. The highest BCUT2D eigenvalue weighted by molar-refractivity contribution is 5.29. The van der Waals surface area contributed by atoms with E-state index in [2.05, 4.69) is 32.4 Å². The Labute approximate surface area is 124 Å². The van der Waals surface area contributed by atoms with E-state index in [0.29, 0.717) is 0 Å². The lowest BCUT2D eigenvalue weighted by molar-refractivity contribution is 0.511. The predicted octanol–water partition coefficient (Wildman–Crippen LogP) is 4.39. The van der Waals surface area contributed by atoms with Crippen LogP contribution in [0, 0.1) is 0 Å². The molecule has 0 aliphatic carbocycles. The summed E-state index contributed by atoms with van der Waals surface area (Å²) in [5.74, 6) is 0. The number of hydrogen-bond acceptors (Lipinski definition) is 2. The molecule has 1 heterocycles. The van der Waals surface area contributed by atoms with Crippen molar-refractivity contribution in [2.24, 2.45) is 5.73 Å². The fraction of sp³-hybridized carbons (Fsp3) is 0.824. The fourth-order valence-corrected chi connectivity index (χ4v) is 2.95. The summed E-state index contributed by atoms with van der Waals surface area (Å²) in [7, 11) is 0. The molecule has 0 amide bonds. The summed E-state index contributed by atoms with van der Waals surface area (Å²) >= 11 is 0. The maximum atomic E-state index is 6.14. The first kappa shape index (κ1) is 17.2. The van der Waals surface area contributed by atoms with E-state index >= 15 is 0 Å². The fourth-order valence-electron chi connectivity index (χ4n) is 2.95. The van der Waals surface area contributed by atoms with Gasteiger partial charge in [0.05, 0.1) is 5.69 Å². The molecular formula is C17H33N3. The molecule has 0 bridgehead atoms. The molecule has 0 radical (unpaired) electrons. The van der Waals surface area contributed by atoms with E-state index in [1.807, 2.05) is 0 Å². The Morgan fingerprint density at radius 3 is 2.20 bits per heavy atom. The van der Waals surface area contributed by atoms with Crippen LogP contribution in [0.25, 0.3) is 0 Å². The zero-order valence-electron chi connectivity index (χ0n) is 13.9. The quantitative estimate of drug-likeness (QED) is 0.646. The Kier molecular flexibility index (Phi) is 7.90. The lowest BCUT2D eigenvalue weighted by Gasteiger charge is -2.10. The number of aryl methyl sites for hydroxylation is 2. The molecule has 20 heavy (non-hydrogen) atoms. The zero-order chi connectivity index (χ0) is 15.0. The number of aromatic nitrogens is 2. The van der Waals surface area contributed by atoms with Crippen molar-refractivity contribution in [1.82, 2.24) is 9.78 Å². The summed E-state index contributed by atoms with van der Waals surface area (Å²) in [4.78, 5) is 0. The van der Waals surface area contributed by atoms with Crippen LogP contribution in [0.2, 0.25) is 0 Å². The van der Waals surface area contributed by atoms with E-state index in [4.69, 9.17) is 10.8 Å². The van der Waals surface area contributed by atoms with Crippen LogP contribution < -0.4 is 5.73 Å². The Bertz CT molecular complexity index is 380. The standard InChI is InChI=1S/C17H33N3/c1-5-8-9-10-11-12-13-20-16(7-3)17(14(4)18)15(6-2)19-20/h14H,5-13,18H2,1-4H3. The first-order valence-electron chi connectivity index (χ1n) is 8.49. The minimum Gasteiger partial charge on any atom is -0.324 e. The van der Waals surface area contributed by atoms with Gasteiger partial charge in [-0.3, -0.25) is 4.68 Å². The minimum atomic E-state index is 0.0956. The summed E-state index contributed by atoms with van der Waals surface area (Å²) < 4.78 is 2.22. The first-order valence-corrected chi connectivity index (χ1v) is 8.49. The average Bonchev–Trinajstić information content (AvgIpc) is 2.80. The molecule has 0 saturated carbocycles. The van der Waals surface area contributed by atoms with Crippen molar-refractivity contribution in [2.75, 3.05) is 0 Å². The van der Waals surface area contributed by atoms with E-state index in [0.717, 1.165) is 19.4 Å². The topological polar surface area (TPSA) is 43.8 Å². The molecule has 0 aliphatic heterocycles. The van der Waals surface area contributed by atoms with E-state index in [9.17, 15) is 0 Å². The number of nitrogens with two attached hydrogens (primary N) is 1. The molecule has 0 fully saturated rings. The van der Waals surface area contributed by atoms with Crippen molar-refractivity contribution in [3.63, 3.8) is 0 Å². The van der Waals surface area contributed by atoms with Gasteiger partial charge in [-0.05, 0) is 26.2 Å². The maximum Gasteiger partial charge on any atom is 0.0672 e. The van der Waals surface area contributed by atoms with Gasteiger partial charge >= 0.3 is 0 Å². The molecule has 0 saturated heterocycles. The molecule has 0 aliphatic rings. The second-order valence-electron chi connectivity index (χ2n) is 5.79. The largest absolute Gasteiger partial charge is 0.324 e. The summed E-state index contributed by atoms with van der Waals surface area (Å²) in [5.41, 5.74) is 9.98. The van der Waals surface area contributed by atoms with Crippen LogP contribution in [-0.2, 0) is 19.4 Å². The molecule has 116 valence electrons. The highest BCUT2D eigenvalue weighted by atomic mass is 15.3. The van der Waals surface area contributed by atoms with Crippen LogP contribution in [0.5, 0.6) is 0 Å². The lowest BCUT2D eigenvalue weighted by atomic mass is 10.0. The maximum absolute atomic E-state index is 6.14. The van der Waals surface area contributed by atoms with Gasteiger partial charge in [-0.1, -0.05) is 52.9 Å². The average molecular weight is 279 g/mol. The predicted molar refractivity (Wildman–Crippen MR) is 87.0 cm³/mol. The van der Waals surface area contributed by atoms with Gasteiger partial charge in [-0.25, -0.2) is 0 Å². The van der Waals surface area contributed by atoms with Gasteiger partial charge in [0, 0.05) is 23.8 Å². The number of nitrogens with zero attached hydrogens (tertiary/aromatic N) is 2. The van der Waals surface area contributed by atoms with Gasteiger partial charge in [0.2, 0.25) is 0 Å². The van der Waals surface area contributed by atoms with Gasteiger partial charge in [0.1, 0.15) is 0 Å². The van der Waals surface area contributed by atoms with Crippen molar-refractivity contribution >= 4 is 0 Å². The molecule has 2 N–H and O–H groups in total. The molecule has 3 nitrogen and oxygen atoms in total. The molecule has 1 rings (SSSR count). The second-order valence-corrected chi connectivity index (χ2v) is 5.79. The molecule has 1 aromatic heterocycles. The van der Waals surface area contributed by atoms with Gasteiger partial charge in [0.25, 0.3) is 0 Å². The number of unbranched alkanes of at least 4 members (excludes halogenated alkanes) is 5. The summed E-state index contributed by atoms with van der Waals surface area (Å²) in [6, 6.07) is 0.0956. The normalized spacial score (nSPS) is 12.8. The van der Waals surface area contributed by atoms with Crippen LogP contribution in [0.1, 0.15) is 89.2 Å². The van der Waals surface area contributed by atoms with E-state index in [1.54, 1.807) is 0 Å². The number of rotatable bonds is 10. The van der Waals surface area contributed by atoms with Crippen LogP contribution in [0.3, 0.4) is 0 Å². The van der Waals surface area contributed by atoms with Gasteiger partial charge in [-0.2, -0.15) is 5.10 Å². The third kappa shape index (κ3) is 4.62. The van der Waals surface area contributed by atoms with E-state index in [1.165, 1.54) is 55.5 Å². The molecule has 1 atom stereocenters. The smallest absolute Gasteiger partial charge is 0.0672 e. The molecule has 1 unspecified atom stereocenters. The highest BCUT2D eigenvalue weighted by Gasteiger charge is 2.17. The van der Waals surface area contributed by atoms with Crippen molar-refractivity contribution in [3.8, 4) is 0 Å². The minimum absolute atomic E-state index is 0.0956. The van der Waals surface area contributed by atoms with Crippen LogP contribution in [-0.4, -0.2) is 9.78 Å². The Hall–Kier alpha value is -0.830.